The quantitative estimate of drug-likeness (QED) is 0.351. The maximum absolute atomic E-state index is 10.7. The fourth-order valence-corrected chi connectivity index (χ4v) is 1.10. The number of carbonyl (C=O) groups excluding carboxylic acids is 1. The topological polar surface area (TPSA) is 38.7 Å². The van der Waals surface area contributed by atoms with E-state index in [1.807, 2.05) is 6.08 Å². The van der Waals surface area contributed by atoms with Gasteiger partial charge >= 0.3 is 5.97 Å². The van der Waals surface area contributed by atoms with Crippen LogP contribution in [0.1, 0.15) is 45.4 Å². The van der Waals surface area contributed by atoms with Gasteiger partial charge in [0, 0.05) is 12.4 Å². The second-order valence-corrected chi connectivity index (χ2v) is 3.35. The monoisotopic (exact) mass is 211 g/mol. The van der Waals surface area contributed by atoms with Crippen LogP contribution in [0.4, 0.5) is 0 Å². The Balaban J connectivity index is 3.33. The average molecular weight is 211 g/mol. The molecule has 86 valence electrons. The summed E-state index contributed by atoms with van der Waals surface area (Å²) in [5.41, 5.74) is 0. The normalized spacial score (nSPS) is 11.3. The molecule has 15 heavy (non-hydrogen) atoms. The number of esters is 1. The summed E-state index contributed by atoms with van der Waals surface area (Å²) in [6.07, 6.45) is 11.7. The summed E-state index contributed by atoms with van der Waals surface area (Å²) in [5, 5.41) is 0. The predicted octanol–water partition coefficient (Wildman–Crippen LogP) is 3.10. The van der Waals surface area contributed by atoms with E-state index in [1.165, 1.54) is 32.8 Å². The lowest BCUT2D eigenvalue weighted by atomic mass is 10.1. The van der Waals surface area contributed by atoms with E-state index in [0.29, 0.717) is 0 Å². The van der Waals surface area contributed by atoms with Crippen molar-refractivity contribution in [2.24, 2.45) is 4.99 Å². The van der Waals surface area contributed by atoms with Crippen LogP contribution in [0.25, 0.3) is 0 Å². The largest absolute Gasteiger partial charge is 0.469 e. The Morgan fingerprint density at radius 2 is 2.13 bits per heavy atom. The maximum Gasteiger partial charge on any atom is 0.310 e. The second-order valence-electron chi connectivity index (χ2n) is 3.35. The van der Waals surface area contributed by atoms with Crippen molar-refractivity contribution in [2.45, 2.75) is 45.4 Å². The molecule has 0 atom stereocenters. The van der Waals surface area contributed by atoms with Crippen LogP contribution in [0.15, 0.2) is 17.3 Å². The van der Waals surface area contributed by atoms with E-state index in [-0.39, 0.29) is 12.4 Å². The Labute approximate surface area is 92.2 Å². The molecule has 0 radical (unpaired) electrons. The Morgan fingerprint density at radius 1 is 1.33 bits per heavy atom. The molecule has 0 aromatic heterocycles. The fourth-order valence-electron chi connectivity index (χ4n) is 1.10. The van der Waals surface area contributed by atoms with Crippen LogP contribution >= 0.6 is 0 Å². The van der Waals surface area contributed by atoms with Crippen LogP contribution in [0, 0.1) is 0 Å². The Kier molecular flexibility index (Phi) is 10.1. The molecule has 3 nitrogen and oxygen atoms in total. The third-order valence-corrected chi connectivity index (χ3v) is 2.01. The van der Waals surface area contributed by atoms with E-state index >= 15 is 0 Å². The number of methoxy groups -OCH3 is 1. The lowest BCUT2D eigenvalue weighted by Gasteiger charge is -1.93. The molecule has 0 amide bonds. The van der Waals surface area contributed by atoms with Gasteiger partial charge in [0.2, 0.25) is 0 Å². The second kappa shape index (κ2) is 11.0. The molecule has 0 aliphatic carbocycles. The summed E-state index contributed by atoms with van der Waals surface area (Å²) in [7, 11) is 1.37. The molecule has 0 aliphatic heterocycles. The minimum absolute atomic E-state index is 0.247. The highest BCUT2D eigenvalue weighted by Gasteiger charge is 1.92. The van der Waals surface area contributed by atoms with Gasteiger partial charge in [-0.15, -0.1) is 0 Å². The van der Waals surface area contributed by atoms with E-state index in [2.05, 4.69) is 16.7 Å². The first-order chi connectivity index (χ1) is 7.31. The van der Waals surface area contributed by atoms with Crippen LogP contribution in [-0.2, 0) is 9.53 Å². The zero-order chi connectivity index (χ0) is 11.4. The van der Waals surface area contributed by atoms with Gasteiger partial charge in [-0.2, -0.15) is 0 Å². The molecule has 0 saturated heterocycles. The molecular formula is C12H21NO2. The molecule has 3 heteroatoms. The zero-order valence-corrected chi connectivity index (χ0v) is 9.74. The van der Waals surface area contributed by atoms with Crippen molar-refractivity contribution in [2.75, 3.05) is 7.11 Å². The third-order valence-electron chi connectivity index (χ3n) is 2.01. The fraction of sp³-hybridized carbons (Fsp3) is 0.667. The van der Waals surface area contributed by atoms with Crippen molar-refractivity contribution in [1.82, 2.24) is 0 Å². The van der Waals surface area contributed by atoms with Gasteiger partial charge in [0.1, 0.15) is 0 Å². The number of rotatable bonds is 8. The molecule has 0 bridgehead atoms. The first-order valence-corrected chi connectivity index (χ1v) is 5.54. The Bertz CT molecular complexity index is 210. The van der Waals surface area contributed by atoms with Crippen LogP contribution in [-0.4, -0.2) is 19.3 Å². The Morgan fingerprint density at radius 3 is 2.80 bits per heavy atom. The number of carbonyl (C=O) groups is 1. The number of hydrogen-bond acceptors (Lipinski definition) is 3. The third kappa shape index (κ3) is 10.8. The van der Waals surface area contributed by atoms with Crippen LogP contribution in [0.2, 0.25) is 0 Å². The molecule has 0 unspecified atom stereocenters. The lowest BCUT2D eigenvalue weighted by molar-refractivity contribution is -0.139. The van der Waals surface area contributed by atoms with Crippen LogP contribution in [0.5, 0.6) is 0 Å². The molecular weight excluding hydrogens is 190 g/mol. The number of nitrogens with zero attached hydrogens (tertiary/aromatic N) is 1. The van der Waals surface area contributed by atoms with Gasteiger partial charge < -0.3 is 4.74 Å². The van der Waals surface area contributed by atoms with Crippen molar-refractivity contribution < 1.29 is 9.53 Å². The van der Waals surface area contributed by atoms with Gasteiger partial charge in [0.15, 0.2) is 0 Å². The highest BCUT2D eigenvalue weighted by atomic mass is 16.5. The van der Waals surface area contributed by atoms with Gasteiger partial charge in [-0.05, 0) is 12.8 Å². The number of unbranched alkanes of at least 4 members (excludes halogenated alkanes) is 4. The number of allylic oxidation sites excluding steroid dienone is 1. The Hall–Kier alpha value is -1.12. The smallest absolute Gasteiger partial charge is 0.310 e. The number of hydrogen-bond donors (Lipinski definition) is 0. The minimum atomic E-state index is -0.255. The van der Waals surface area contributed by atoms with Crippen molar-refractivity contribution in [3.63, 3.8) is 0 Å². The predicted molar refractivity (Wildman–Crippen MR) is 63.0 cm³/mol. The summed E-state index contributed by atoms with van der Waals surface area (Å²) in [5.74, 6) is -0.255. The van der Waals surface area contributed by atoms with E-state index in [9.17, 15) is 4.79 Å². The van der Waals surface area contributed by atoms with E-state index < -0.39 is 0 Å². The summed E-state index contributed by atoms with van der Waals surface area (Å²) in [4.78, 5) is 14.7. The standard InChI is InChI=1S/C12H21NO2/c1-3-4-5-6-7-8-10-13-11-9-12(14)15-2/h8,10-11H,3-7,9H2,1-2H3. The minimum Gasteiger partial charge on any atom is -0.469 e. The van der Waals surface area contributed by atoms with Crippen molar-refractivity contribution in [1.29, 1.82) is 0 Å². The highest BCUT2D eigenvalue weighted by molar-refractivity contribution is 5.85. The van der Waals surface area contributed by atoms with Crippen molar-refractivity contribution in [3.8, 4) is 0 Å². The molecule has 0 rings (SSSR count). The van der Waals surface area contributed by atoms with Gasteiger partial charge in [-0.3, -0.25) is 9.79 Å². The van der Waals surface area contributed by atoms with Gasteiger partial charge in [0.05, 0.1) is 13.5 Å². The number of aliphatic imine (C=N–C) groups is 1. The molecule has 0 fully saturated rings. The maximum atomic E-state index is 10.7. The van der Waals surface area contributed by atoms with Gasteiger partial charge in [-0.1, -0.05) is 32.3 Å². The molecule has 0 N–H and O–H groups in total. The van der Waals surface area contributed by atoms with E-state index in [0.717, 1.165) is 6.42 Å². The van der Waals surface area contributed by atoms with E-state index in [1.54, 1.807) is 12.4 Å². The summed E-state index contributed by atoms with van der Waals surface area (Å²) < 4.78 is 4.47. The van der Waals surface area contributed by atoms with Crippen LogP contribution in [0.3, 0.4) is 0 Å². The lowest BCUT2D eigenvalue weighted by Crippen LogP contribution is -1.99. The van der Waals surface area contributed by atoms with Gasteiger partial charge in [0.25, 0.3) is 0 Å². The molecule has 0 aromatic rings. The summed E-state index contributed by atoms with van der Waals surface area (Å²) in [6, 6.07) is 0. The summed E-state index contributed by atoms with van der Waals surface area (Å²) >= 11 is 0. The molecule has 0 spiro atoms. The molecule has 0 aromatic carbocycles. The first kappa shape index (κ1) is 13.9. The molecule has 0 aliphatic rings. The summed E-state index contributed by atoms with van der Waals surface area (Å²) in [6.45, 7) is 2.20. The molecule has 0 saturated carbocycles. The number of ether oxygens (including phenoxy) is 1. The zero-order valence-electron chi connectivity index (χ0n) is 9.74. The van der Waals surface area contributed by atoms with Crippen LogP contribution < -0.4 is 0 Å². The average Bonchev–Trinajstić information content (AvgIpc) is 2.26. The highest BCUT2D eigenvalue weighted by Crippen LogP contribution is 2.02. The first-order valence-electron chi connectivity index (χ1n) is 5.54. The van der Waals surface area contributed by atoms with Crippen molar-refractivity contribution in [3.05, 3.63) is 12.3 Å². The van der Waals surface area contributed by atoms with E-state index in [4.69, 9.17) is 0 Å². The SMILES string of the molecule is CCCCCCC=CN=CCC(=O)OC. The van der Waals surface area contributed by atoms with Gasteiger partial charge in [-0.25, -0.2) is 0 Å². The van der Waals surface area contributed by atoms with Crippen molar-refractivity contribution >= 4 is 12.2 Å². The molecule has 0 heterocycles.